The lowest BCUT2D eigenvalue weighted by molar-refractivity contribution is 0.332. The monoisotopic (exact) mass is 691 g/mol. The van der Waals surface area contributed by atoms with Gasteiger partial charge in [0.25, 0.3) is 0 Å². The van der Waals surface area contributed by atoms with Gasteiger partial charge in [-0.2, -0.15) is 0 Å². The number of hydrogen-bond acceptors (Lipinski definition) is 1. The largest absolute Gasteiger partial charge is 0.310 e. The highest BCUT2D eigenvalue weighted by atomic mass is 15.1. The topological polar surface area (TPSA) is 3.24 Å². The molecule has 1 heteroatoms. The van der Waals surface area contributed by atoms with Crippen LogP contribution in [0.2, 0.25) is 0 Å². The van der Waals surface area contributed by atoms with Gasteiger partial charge in [0.05, 0.1) is 5.69 Å². The molecule has 0 unspecified atom stereocenters. The second-order valence-corrected chi connectivity index (χ2v) is 17.9. The van der Waals surface area contributed by atoms with Crippen LogP contribution < -0.4 is 4.90 Å². The molecule has 0 saturated carbocycles. The summed E-state index contributed by atoms with van der Waals surface area (Å²) in [7, 11) is 0. The molecule has 6 aromatic carbocycles. The predicted octanol–water partition coefficient (Wildman–Crippen LogP) is 14.3. The Morgan fingerprint density at radius 3 is 1.92 bits per heavy atom. The molecule has 6 aromatic rings. The number of benzene rings is 6. The van der Waals surface area contributed by atoms with Crippen molar-refractivity contribution in [2.24, 2.45) is 0 Å². The average molecular weight is 692 g/mol. The summed E-state index contributed by atoms with van der Waals surface area (Å²) in [6.07, 6.45) is 7.25. The van der Waals surface area contributed by atoms with Gasteiger partial charge < -0.3 is 4.90 Å². The molecule has 0 radical (unpaired) electrons. The number of rotatable bonds is 5. The highest BCUT2D eigenvalue weighted by Gasteiger charge is 2.41. The first-order valence-electron chi connectivity index (χ1n) is 19.9. The molecule has 3 aliphatic carbocycles. The molecule has 0 aliphatic heterocycles. The lowest BCUT2D eigenvalue weighted by Crippen LogP contribution is -2.34. The standard InChI is InChI=1S/C52H53N/c1-34-21-28-45-49(51(4,5)30-29-50(45,2)3)48(34)43-32-42-41-19-13-14-20-44(41)52(6,7)46(42)33-47(43)53(40-27-24-36-17-11-12-18-38(36)31-40)39-25-22-37(23-26-39)35-15-9-8-10-16-35/h8-10,13-16,19-28,31-33H,11-12,17-18,29-30H2,1-7H3. The molecule has 0 spiro atoms. The Morgan fingerprint density at radius 1 is 0.491 bits per heavy atom. The lowest BCUT2D eigenvalue weighted by atomic mass is 9.61. The van der Waals surface area contributed by atoms with Crippen LogP contribution in [0.3, 0.4) is 0 Å². The quantitative estimate of drug-likeness (QED) is 0.174. The van der Waals surface area contributed by atoms with E-state index in [2.05, 4.69) is 175 Å². The molecule has 0 N–H and O–H groups in total. The third kappa shape index (κ3) is 5.50. The van der Waals surface area contributed by atoms with Crippen LogP contribution in [0.4, 0.5) is 17.1 Å². The average Bonchev–Trinajstić information content (AvgIpc) is 3.39. The Balaban J connectivity index is 1.37. The second-order valence-electron chi connectivity index (χ2n) is 17.9. The van der Waals surface area contributed by atoms with E-state index in [1.54, 1.807) is 0 Å². The molecule has 0 saturated heterocycles. The summed E-state index contributed by atoms with van der Waals surface area (Å²) in [4.78, 5) is 2.60. The zero-order valence-electron chi connectivity index (χ0n) is 32.7. The molecule has 1 nitrogen and oxygen atoms in total. The first-order valence-corrected chi connectivity index (χ1v) is 19.9. The van der Waals surface area contributed by atoms with E-state index in [-0.39, 0.29) is 16.2 Å². The SMILES string of the molecule is Cc1ccc2c(c1-c1cc3c(cc1N(c1ccc(-c4ccccc4)cc1)c1ccc4c(c1)CCCC4)C(C)(C)c1ccccc1-3)C(C)(C)CCC2(C)C. The maximum atomic E-state index is 2.60. The molecule has 266 valence electrons. The maximum absolute atomic E-state index is 2.60. The van der Waals surface area contributed by atoms with Crippen LogP contribution >= 0.6 is 0 Å². The fraction of sp³-hybridized carbons (Fsp3) is 0.308. The molecular weight excluding hydrogens is 639 g/mol. The van der Waals surface area contributed by atoms with Crippen molar-refractivity contribution < 1.29 is 0 Å². The van der Waals surface area contributed by atoms with Crippen LogP contribution in [-0.2, 0) is 29.1 Å². The molecule has 0 heterocycles. The Kier molecular flexibility index (Phi) is 7.90. The highest BCUT2D eigenvalue weighted by molar-refractivity contribution is 5.97. The minimum absolute atomic E-state index is 0.0493. The molecule has 9 rings (SSSR count). The number of hydrogen-bond donors (Lipinski definition) is 0. The predicted molar refractivity (Wildman–Crippen MR) is 226 cm³/mol. The zero-order chi connectivity index (χ0) is 36.7. The van der Waals surface area contributed by atoms with Crippen molar-refractivity contribution in [1.29, 1.82) is 0 Å². The number of anilines is 3. The van der Waals surface area contributed by atoms with Gasteiger partial charge in [-0.1, -0.05) is 126 Å². The highest BCUT2D eigenvalue weighted by Crippen LogP contribution is 2.57. The third-order valence-electron chi connectivity index (χ3n) is 13.2. The summed E-state index contributed by atoms with van der Waals surface area (Å²) in [5.74, 6) is 0. The van der Waals surface area contributed by atoms with Crippen LogP contribution in [0.1, 0.15) is 106 Å². The Bertz CT molecular complexity index is 2370. The molecule has 3 aliphatic rings. The van der Waals surface area contributed by atoms with Gasteiger partial charge in [0.1, 0.15) is 0 Å². The second kappa shape index (κ2) is 12.3. The van der Waals surface area contributed by atoms with E-state index >= 15 is 0 Å². The lowest BCUT2D eigenvalue weighted by Gasteiger charge is -2.44. The molecule has 0 fully saturated rings. The number of fused-ring (bicyclic) bond motifs is 5. The van der Waals surface area contributed by atoms with Gasteiger partial charge in [-0.25, -0.2) is 0 Å². The van der Waals surface area contributed by atoms with E-state index in [1.165, 1.54) is 121 Å². The normalized spacial score (nSPS) is 17.3. The van der Waals surface area contributed by atoms with E-state index in [0.717, 1.165) is 6.42 Å². The van der Waals surface area contributed by atoms with Gasteiger partial charge >= 0.3 is 0 Å². The Hall–Kier alpha value is -4.88. The van der Waals surface area contributed by atoms with Crippen molar-refractivity contribution >= 4 is 17.1 Å². The first-order chi connectivity index (χ1) is 25.4. The fourth-order valence-electron chi connectivity index (χ4n) is 10.0. The smallest absolute Gasteiger partial charge is 0.0543 e. The molecular formula is C52H53N. The van der Waals surface area contributed by atoms with Gasteiger partial charge in [0, 0.05) is 22.4 Å². The van der Waals surface area contributed by atoms with Crippen molar-refractivity contribution in [3.63, 3.8) is 0 Å². The Labute approximate surface area is 317 Å². The van der Waals surface area contributed by atoms with E-state index in [9.17, 15) is 0 Å². The van der Waals surface area contributed by atoms with Gasteiger partial charge in [-0.05, 0) is 159 Å². The van der Waals surface area contributed by atoms with Gasteiger partial charge in [0.15, 0.2) is 0 Å². The summed E-state index contributed by atoms with van der Waals surface area (Å²) >= 11 is 0. The van der Waals surface area contributed by atoms with Crippen molar-refractivity contribution in [3.05, 3.63) is 160 Å². The van der Waals surface area contributed by atoms with Gasteiger partial charge in [-0.3, -0.25) is 0 Å². The van der Waals surface area contributed by atoms with Crippen LogP contribution in [0.25, 0.3) is 33.4 Å². The van der Waals surface area contributed by atoms with Gasteiger partial charge in [-0.15, -0.1) is 0 Å². The fourth-order valence-corrected chi connectivity index (χ4v) is 10.0. The van der Waals surface area contributed by atoms with Crippen LogP contribution in [0.15, 0.2) is 121 Å². The minimum Gasteiger partial charge on any atom is -0.310 e. The molecule has 53 heavy (non-hydrogen) atoms. The molecule has 0 amide bonds. The van der Waals surface area contributed by atoms with Crippen molar-refractivity contribution in [1.82, 2.24) is 0 Å². The Morgan fingerprint density at radius 2 is 1.15 bits per heavy atom. The summed E-state index contributed by atoms with van der Waals surface area (Å²) in [6, 6.07) is 46.5. The van der Waals surface area contributed by atoms with Crippen molar-refractivity contribution in [3.8, 4) is 33.4 Å². The first kappa shape index (κ1) is 33.9. The van der Waals surface area contributed by atoms with Crippen LogP contribution in [0, 0.1) is 6.92 Å². The zero-order valence-corrected chi connectivity index (χ0v) is 32.7. The van der Waals surface area contributed by atoms with Crippen LogP contribution in [0.5, 0.6) is 0 Å². The number of nitrogens with zero attached hydrogens (tertiary/aromatic N) is 1. The molecule has 0 atom stereocenters. The van der Waals surface area contributed by atoms with E-state index in [1.807, 2.05) is 0 Å². The van der Waals surface area contributed by atoms with Crippen LogP contribution in [-0.4, -0.2) is 0 Å². The summed E-state index contributed by atoms with van der Waals surface area (Å²) in [5, 5.41) is 0. The molecule has 0 aromatic heterocycles. The van der Waals surface area contributed by atoms with E-state index < -0.39 is 0 Å². The summed E-state index contributed by atoms with van der Waals surface area (Å²) in [5.41, 5.74) is 22.0. The van der Waals surface area contributed by atoms with E-state index in [0.29, 0.717) is 0 Å². The van der Waals surface area contributed by atoms with Crippen molar-refractivity contribution in [2.75, 3.05) is 4.90 Å². The third-order valence-corrected chi connectivity index (χ3v) is 13.2. The molecule has 0 bridgehead atoms. The summed E-state index contributed by atoms with van der Waals surface area (Å²) < 4.78 is 0. The van der Waals surface area contributed by atoms with Crippen molar-refractivity contribution in [2.45, 2.75) is 103 Å². The van der Waals surface area contributed by atoms with E-state index in [4.69, 9.17) is 0 Å². The maximum Gasteiger partial charge on any atom is 0.0543 e. The number of aryl methyl sites for hydroxylation is 3. The van der Waals surface area contributed by atoms with Gasteiger partial charge in [0.2, 0.25) is 0 Å². The summed E-state index contributed by atoms with van der Waals surface area (Å²) in [6.45, 7) is 17.1. The minimum atomic E-state index is -0.121.